The van der Waals surface area contributed by atoms with Gasteiger partial charge in [-0.05, 0) is 42.0 Å². The molecule has 0 radical (unpaired) electrons. The van der Waals surface area contributed by atoms with Gasteiger partial charge in [0.15, 0.2) is 5.82 Å². The first kappa shape index (κ1) is 17.8. The third kappa shape index (κ3) is 3.11. The van der Waals surface area contributed by atoms with Crippen LogP contribution >= 0.6 is 0 Å². The lowest BCUT2D eigenvalue weighted by molar-refractivity contribution is 0.419. The van der Waals surface area contributed by atoms with Crippen molar-refractivity contribution < 1.29 is 13.5 Å². The summed E-state index contributed by atoms with van der Waals surface area (Å²) in [4.78, 5) is 13.3. The molecule has 0 fully saturated rings. The van der Waals surface area contributed by atoms with E-state index in [1.807, 2.05) is 6.07 Å². The monoisotopic (exact) mass is 378 g/mol. The molecule has 140 valence electrons. The van der Waals surface area contributed by atoms with Gasteiger partial charge >= 0.3 is 0 Å². The number of nitrogens with zero attached hydrogens (tertiary/aromatic N) is 3. The molecule has 0 amide bonds. The third-order valence-electron chi connectivity index (χ3n) is 4.38. The van der Waals surface area contributed by atoms with Crippen molar-refractivity contribution in [1.82, 2.24) is 15.0 Å². The fourth-order valence-electron chi connectivity index (χ4n) is 3.05. The summed E-state index contributed by atoms with van der Waals surface area (Å²) < 4.78 is 33.1. The number of methoxy groups -OCH3 is 1. The average molecular weight is 378 g/mol. The van der Waals surface area contributed by atoms with E-state index in [1.165, 1.54) is 19.2 Å². The maximum absolute atomic E-state index is 14.3. The van der Waals surface area contributed by atoms with Gasteiger partial charge in [-0.2, -0.15) is 0 Å². The van der Waals surface area contributed by atoms with Gasteiger partial charge in [0.25, 0.3) is 0 Å². The van der Waals surface area contributed by atoms with Crippen molar-refractivity contribution in [3.63, 3.8) is 0 Å². The first-order valence-electron chi connectivity index (χ1n) is 8.54. The first-order valence-corrected chi connectivity index (χ1v) is 8.54. The molecule has 0 saturated carbocycles. The Morgan fingerprint density at radius 3 is 2.54 bits per heavy atom. The maximum atomic E-state index is 14.3. The van der Waals surface area contributed by atoms with Gasteiger partial charge in [-0.1, -0.05) is 0 Å². The molecule has 0 bridgehead atoms. The van der Waals surface area contributed by atoms with Crippen LogP contribution in [0.25, 0.3) is 33.4 Å². The van der Waals surface area contributed by atoms with E-state index < -0.39 is 11.6 Å². The number of rotatable bonds is 4. The second kappa shape index (κ2) is 7.19. The van der Waals surface area contributed by atoms with Gasteiger partial charge in [-0.15, -0.1) is 0 Å². The summed E-state index contributed by atoms with van der Waals surface area (Å²) in [5.74, 6) is 0.227. The number of fused-ring (bicyclic) bond motifs is 1. The highest BCUT2D eigenvalue weighted by Gasteiger charge is 2.16. The van der Waals surface area contributed by atoms with Crippen molar-refractivity contribution in [1.29, 1.82) is 0 Å². The van der Waals surface area contributed by atoms with Crippen LogP contribution in [0.5, 0.6) is 5.75 Å². The van der Waals surface area contributed by atoms with Crippen LogP contribution < -0.4 is 10.1 Å². The number of aromatic nitrogens is 3. The average Bonchev–Trinajstić information content (AvgIpc) is 2.72. The van der Waals surface area contributed by atoms with E-state index >= 15 is 0 Å². The standard InChI is InChI=1S/C21H16F2N4O/c1-24-21-16-8-13(15-6-5-14(22)10-17(15)23)9-18(28-2)19(16)26-20(27-21)12-4-3-7-25-11-12/h3-11H,1-2H3,(H,24,26,27). The van der Waals surface area contributed by atoms with Crippen LogP contribution in [-0.2, 0) is 0 Å². The molecule has 0 aliphatic heterocycles. The van der Waals surface area contributed by atoms with E-state index in [9.17, 15) is 8.78 Å². The van der Waals surface area contributed by atoms with E-state index in [2.05, 4.69) is 20.3 Å². The van der Waals surface area contributed by atoms with Crippen LogP contribution in [0.1, 0.15) is 0 Å². The van der Waals surface area contributed by atoms with Crippen LogP contribution in [0.15, 0.2) is 54.9 Å². The van der Waals surface area contributed by atoms with Gasteiger partial charge < -0.3 is 10.1 Å². The Bertz CT molecular complexity index is 1170. The quantitative estimate of drug-likeness (QED) is 0.558. The van der Waals surface area contributed by atoms with Crippen molar-refractivity contribution in [2.24, 2.45) is 0 Å². The van der Waals surface area contributed by atoms with Crippen molar-refractivity contribution >= 4 is 16.7 Å². The zero-order valence-corrected chi connectivity index (χ0v) is 15.2. The Labute approximate surface area is 160 Å². The minimum atomic E-state index is -0.652. The number of pyridine rings is 1. The molecule has 7 heteroatoms. The van der Waals surface area contributed by atoms with Crippen molar-refractivity contribution in [3.05, 3.63) is 66.5 Å². The van der Waals surface area contributed by atoms with Gasteiger partial charge in [-0.25, -0.2) is 18.7 Å². The Morgan fingerprint density at radius 1 is 1.00 bits per heavy atom. The summed E-state index contributed by atoms with van der Waals surface area (Å²) in [5.41, 5.74) is 2.14. The number of benzene rings is 2. The molecule has 2 aromatic carbocycles. The first-order chi connectivity index (χ1) is 13.6. The highest BCUT2D eigenvalue weighted by Crippen LogP contribution is 2.36. The Morgan fingerprint density at radius 2 is 1.86 bits per heavy atom. The van der Waals surface area contributed by atoms with Crippen molar-refractivity contribution in [2.75, 3.05) is 19.5 Å². The Kier molecular flexibility index (Phi) is 4.57. The molecule has 4 aromatic rings. The molecule has 1 N–H and O–H groups in total. The Balaban J connectivity index is 1.98. The summed E-state index contributed by atoms with van der Waals surface area (Å²) in [5, 5.41) is 3.71. The summed E-state index contributed by atoms with van der Waals surface area (Å²) in [6.45, 7) is 0. The lowest BCUT2D eigenvalue weighted by atomic mass is 10.0. The number of hydrogen-bond acceptors (Lipinski definition) is 5. The van der Waals surface area contributed by atoms with E-state index in [1.54, 1.807) is 37.6 Å². The van der Waals surface area contributed by atoms with Gasteiger partial charge in [-0.3, -0.25) is 4.98 Å². The summed E-state index contributed by atoms with van der Waals surface area (Å²) >= 11 is 0. The molecule has 0 spiro atoms. The highest BCUT2D eigenvalue weighted by molar-refractivity contribution is 5.97. The SMILES string of the molecule is CNc1nc(-c2cccnc2)nc2c(OC)cc(-c3ccc(F)cc3F)cc12. The molecule has 0 aliphatic carbocycles. The van der Waals surface area contributed by atoms with Gasteiger partial charge in [0, 0.05) is 42.0 Å². The topological polar surface area (TPSA) is 59.9 Å². The molecule has 5 nitrogen and oxygen atoms in total. The largest absolute Gasteiger partial charge is 0.494 e. The molecule has 0 unspecified atom stereocenters. The molecule has 0 saturated heterocycles. The van der Waals surface area contributed by atoms with Gasteiger partial charge in [0.1, 0.15) is 28.7 Å². The van der Waals surface area contributed by atoms with E-state index in [4.69, 9.17) is 4.74 Å². The van der Waals surface area contributed by atoms with Gasteiger partial charge in [0.2, 0.25) is 0 Å². The number of ether oxygens (including phenoxy) is 1. The van der Waals surface area contributed by atoms with Crippen LogP contribution in [0.4, 0.5) is 14.6 Å². The van der Waals surface area contributed by atoms with Crippen molar-refractivity contribution in [3.8, 4) is 28.3 Å². The number of halogens is 2. The molecular weight excluding hydrogens is 362 g/mol. The zero-order chi connectivity index (χ0) is 19.7. The molecule has 2 aromatic heterocycles. The molecular formula is C21H16F2N4O. The fraction of sp³-hybridized carbons (Fsp3) is 0.0952. The smallest absolute Gasteiger partial charge is 0.163 e. The molecule has 2 heterocycles. The molecule has 28 heavy (non-hydrogen) atoms. The van der Waals surface area contributed by atoms with E-state index in [0.717, 1.165) is 11.6 Å². The second-order valence-corrected chi connectivity index (χ2v) is 6.09. The minimum absolute atomic E-state index is 0.264. The maximum Gasteiger partial charge on any atom is 0.163 e. The molecule has 0 aliphatic rings. The van der Waals surface area contributed by atoms with Crippen molar-refractivity contribution in [2.45, 2.75) is 0 Å². The summed E-state index contributed by atoms with van der Waals surface area (Å²) in [7, 11) is 3.26. The predicted octanol–water partition coefficient (Wildman–Crippen LogP) is 4.69. The number of anilines is 1. The Hall–Kier alpha value is -3.61. The molecule has 0 atom stereocenters. The van der Waals surface area contributed by atoms with E-state index in [-0.39, 0.29) is 5.56 Å². The summed E-state index contributed by atoms with van der Waals surface area (Å²) in [6.07, 6.45) is 3.35. The minimum Gasteiger partial charge on any atom is -0.494 e. The van der Waals surface area contributed by atoms with Crippen LogP contribution in [0.3, 0.4) is 0 Å². The van der Waals surface area contributed by atoms with E-state index in [0.29, 0.717) is 33.9 Å². The summed E-state index contributed by atoms with van der Waals surface area (Å²) in [6, 6.07) is 10.6. The van der Waals surface area contributed by atoms with Crippen LogP contribution in [0, 0.1) is 11.6 Å². The number of hydrogen-bond donors (Lipinski definition) is 1. The second-order valence-electron chi connectivity index (χ2n) is 6.09. The lowest BCUT2D eigenvalue weighted by Crippen LogP contribution is -2.01. The van der Waals surface area contributed by atoms with Crippen LogP contribution in [0.2, 0.25) is 0 Å². The highest BCUT2D eigenvalue weighted by atomic mass is 19.1. The third-order valence-corrected chi connectivity index (χ3v) is 4.38. The number of nitrogens with one attached hydrogen (secondary N) is 1. The molecule has 4 rings (SSSR count). The van der Waals surface area contributed by atoms with Gasteiger partial charge in [0.05, 0.1) is 7.11 Å². The predicted molar refractivity (Wildman–Crippen MR) is 104 cm³/mol. The fourth-order valence-corrected chi connectivity index (χ4v) is 3.05. The zero-order valence-electron chi connectivity index (χ0n) is 15.2. The van der Waals surface area contributed by atoms with Crippen LogP contribution in [-0.4, -0.2) is 29.1 Å². The normalized spacial score (nSPS) is 10.9. The lowest BCUT2D eigenvalue weighted by Gasteiger charge is -2.13.